The summed E-state index contributed by atoms with van der Waals surface area (Å²) in [7, 11) is 0. The molecule has 0 aliphatic heterocycles. The van der Waals surface area contributed by atoms with Gasteiger partial charge in [-0.2, -0.15) is 0 Å². The fraction of sp³-hybridized carbons (Fsp3) is 0.591. The fourth-order valence-corrected chi connectivity index (χ4v) is 3.00. The number of rotatable bonds is 17. The number of carbonyl (C=O) groups is 2. The van der Waals surface area contributed by atoms with E-state index in [-0.39, 0.29) is 68.0 Å². The van der Waals surface area contributed by atoms with Crippen LogP contribution in [-0.2, 0) is 16.0 Å². The number of guanidine groups is 1. The number of anilines is 1. The summed E-state index contributed by atoms with van der Waals surface area (Å²) >= 11 is 0. The van der Waals surface area contributed by atoms with Gasteiger partial charge < -0.3 is 37.8 Å². The number of hydrogen-bond acceptors (Lipinski definition) is 6. The third-order valence-electron chi connectivity index (χ3n) is 4.72. The van der Waals surface area contributed by atoms with E-state index in [4.69, 9.17) is 16.9 Å². The Balaban J connectivity index is -0.00000341. The van der Waals surface area contributed by atoms with Crippen LogP contribution >= 0.6 is 37.2 Å². The molecule has 204 valence electrons. The van der Waals surface area contributed by atoms with E-state index in [1.54, 1.807) is 0 Å². The van der Waals surface area contributed by atoms with Crippen LogP contribution in [-0.4, -0.2) is 61.7 Å². The molecule has 35 heavy (non-hydrogen) atoms. The Morgan fingerprint density at radius 3 is 2.17 bits per heavy atom. The number of benzene rings is 1. The zero-order valence-corrected chi connectivity index (χ0v) is 22.5. The Labute approximate surface area is 226 Å². The fourth-order valence-electron chi connectivity index (χ4n) is 3.00. The second-order valence-corrected chi connectivity index (χ2v) is 7.70. The highest BCUT2D eigenvalue weighted by Crippen LogP contribution is 2.11. The average molecular weight is 559 g/mol. The molecule has 0 aliphatic rings. The number of aliphatic hydroxyl groups is 1. The van der Waals surface area contributed by atoms with Crippen LogP contribution in [0.15, 0.2) is 24.3 Å². The Morgan fingerprint density at radius 1 is 0.914 bits per heavy atom. The predicted molar refractivity (Wildman–Crippen MR) is 149 cm³/mol. The first-order chi connectivity index (χ1) is 15.4. The van der Waals surface area contributed by atoms with Gasteiger partial charge in [0, 0.05) is 25.2 Å². The number of aliphatic hydroxyl groups excluding tert-OH is 1. The largest absolute Gasteiger partial charge is 0.391 e. The summed E-state index contributed by atoms with van der Waals surface area (Å²) in [6.45, 7) is 3.12. The van der Waals surface area contributed by atoms with Crippen molar-refractivity contribution < 1.29 is 14.7 Å². The minimum atomic E-state index is -0.904. The monoisotopic (exact) mass is 557 g/mol. The van der Waals surface area contributed by atoms with Gasteiger partial charge in [-0.25, -0.2) is 0 Å². The van der Waals surface area contributed by atoms with E-state index < -0.39 is 6.10 Å². The Kier molecular flexibility index (Phi) is 25.8. The maximum Gasteiger partial charge on any atom is 0.222 e. The third kappa shape index (κ3) is 21.2. The average Bonchev–Trinajstić information content (AvgIpc) is 2.75. The molecular weight excluding hydrogens is 517 g/mol. The Morgan fingerprint density at radius 2 is 1.54 bits per heavy atom. The molecule has 0 radical (unpaired) electrons. The highest BCUT2D eigenvalue weighted by molar-refractivity contribution is 5.89. The second-order valence-electron chi connectivity index (χ2n) is 7.70. The van der Waals surface area contributed by atoms with Crippen LogP contribution < -0.4 is 32.7 Å². The lowest BCUT2D eigenvalue weighted by Gasteiger charge is -2.12. The lowest BCUT2D eigenvalue weighted by Crippen LogP contribution is -2.36. The molecule has 1 aromatic rings. The SMILES string of the molecule is Cl.Cl.Cl.N=C(N)Nc1ccc(CCCC(=O)NCC(O)CC(=O)NCCCCNCCCN)cc1. The van der Waals surface area contributed by atoms with Gasteiger partial charge in [-0.3, -0.25) is 15.0 Å². The zero-order chi connectivity index (χ0) is 23.6. The second kappa shape index (κ2) is 23.9. The molecule has 10 N–H and O–H groups in total. The summed E-state index contributed by atoms with van der Waals surface area (Å²) in [5.41, 5.74) is 12.5. The summed E-state index contributed by atoms with van der Waals surface area (Å²) in [6, 6.07) is 7.50. The lowest BCUT2D eigenvalue weighted by molar-refractivity contribution is -0.125. The van der Waals surface area contributed by atoms with E-state index >= 15 is 0 Å². The molecule has 1 rings (SSSR count). The summed E-state index contributed by atoms with van der Waals surface area (Å²) in [6.07, 6.45) is 3.59. The first kappa shape index (κ1) is 37.7. The van der Waals surface area contributed by atoms with Gasteiger partial charge in [0.05, 0.1) is 12.5 Å². The van der Waals surface area contributed by atoms with E-state index in [1.807, 2.05) is 24.3 Å². The normalized spacial score (nSPS) is 10.6. The summed E-state index contributed by atoms with van der Waals surface area (Å²) in [5.74, 6) is -0.483. The summed E-state index contributed by atoms with van der Waals surface area (Å²) in [4.78, 5) is 23.8. The van der Waals surface area contributed by atoms with Crippen LogP contribution in [0.25, 0.3) is 0 Å². The maximum absolute atomic E-state index is 12.0. The Hall–Kier alpha value is -1.82. The number of carbonyl (C=O) groups excluding carboxylic acids is 2. The van der Waals surface area contributed by atoms with E-state index in [9.17, 15) is 14.7 Å². The number of hydrogen-bond donors (Lipinski definition) is 8. The molecule has 0 bridgehead atoms. The van der Waals surface area contributed by atoms with Crippen molar-refractivity contribution in [1.29, 1.82) is 5.41 Å². The number of amides is 2. The van der Waals surface area contributed by atoms with Crippen molar-refractivity contribution >= 4 is 60.7 Å². The molecule has 0 aliphatic carbocycles. The summed E-state index contributed by atoms with van der Waals surface area (Å²) < 4.78 is 0. The van der Waals surface area contributed by atoms with E-state index in [0.29, 0.717) is 25.9 Å². The highest BCUT2D eigenvalue weighted by atomic mass is 35.5. The number of halogens is 3. The number of unbranched alkanes of at least 4 members (excludes halogenated alkanes) is 1. The van der Waals surface area contributed by atoms with Crippen LogP contribution in [0.4, 0.5) is 5.69 Å². The van der Waals surface area contributed by atoms with Crippen LogP contribution in [0.5, 0.6) is 0 Å². The van der Waals surface area contributed by atoms with Gasteiger partial charge in [-0.1, -0.05) is 12.1 Å². The number of nitrogens with two attached hydrogens (primary N) is 2. The third-order valence-corrected chi connectivity index (χ3v) is 4.72. The number of aryl methyl sites for hydroxylation is 1. The van der Waals surface area contributed by atoms with Crippen molar-refractivity contribution in [3.8, 4) is 0 Å². The molecule has 0 fully saturated rings. The molecule has 0 heterocycles. The molecule has 0 saturated carbocycles. The summed E-state index contributed by atoms with van der Waals surface area (Å²) in [5, 5.41) is 28.6. The van der Waals surface area contributed by atoms with Gasteiger partial charge in [-0.05, 0) is 69.4 Å². The predicted octanol–water partition coefficient (Wildman–Crippen LogP) is 1.28. The highest BCUT2D eigenvalue weighted by Gasteiger charge is 2.12. The minimum absolute atomic E-state index is 0. The quantitative estimate of drug-likeness (QED) is 0.0806. The zero-order valence-electron chi connectivity index (χ0n) is 20.0. The van der Waals surface area contributed by atoms with Crippen LogP contribution in [0.3, 0.4) is 0 Å². The van der Waals surface area contributed by atoms with Gasteiger partial charge in [0.25, 0.3) is 0 Å². The Bertz CT molecular complexity index is 697. The molecule has 13 heteroatoms. The molecule has 0 spiro atoms. The van der Waals surface area contributed by atoms with Crippen LogP contribution in [0, 0.1) is 5.41 Å². The van der Waals surface area contributed by atoms with Gasteiger partial charge in [0.2, 0.25) is 11.8 Å². The van der Waals surface area contributed by atoms with E-state index in [1.165, 1.54) is 0 Å². The molecule has 0 saturated heterocycles. The van der Waals surface area contributed by atoms with Crippen LogP contribution in [0.1, 0.15) is 44.1 Å². The molecule has 1 atom stereocenters. The topological polar surface area (TPSA) is 178 Å². The molecule has 2 amide bonds. The number of nitrogens with one attached hydrogen (secondary N) is 5. The first-order valence-corrected chi connectivity index (χ1v) is 11.2. The van der Waals surface area contributed by atoms with Crippen molar-refractivity contribution in [1.82, 2.24) is 16.0 Å². The standard InChI is InChI=1S/C22H39N7O3.3ClH/c23-11-4-13-26-12-1-2-14-27-21(32)15-19(30)16-28-20(31)6-3-5-17-7-9-18(10-8-17)29-22(24)25;;;/h7-10,19,26,30H,1-6,11-16,23H2,(H,27,32)(H,28,31)(H4,24,25,29);3*1H. The molecule has 0 aromatic heterocycles. The molecule has 10 nitrogen and oxygen atoms in total. The van der Waals surface area contributed by atoms with Gasteiger partial charge in [0.1, 0.15) is 0 Å². The smallest absolute Gasteiger partial charge is 0.222 e. The first-order valence-electron chi connectivity index (χ1n) is 11.2. The molecular formula is C22H42Cl3N7O3. The van der Waals surface area contributed by atoms with E-state index in [2.05, 4.69) is 21.3 Å². The lowest BCUT2D eigenvalue weighted by atomic mass is 10.1. The van der Waals surface area contributed by atoms with Gasteiger partial charge in [-0.15, -0.1) is 37.2 Å². The maximum atomic E-state index is 12.0. The molecule has 1 aromatic carbocycles. The van der Waals surface area contributed by atoms with Gasteiger partial charge in [0.15, 0.2) is 5.96 Å². The molecule has 1 unspecified atom stereocenters. The van der Waals surface area contributed by atoms with Gasteiger partial charge >= 0.3 is 0 Å². The van der Waals surface area contributed by atoms with E-state index in [0.717, 1.165) is 50.0 Å². The minimum Gasteiger partial charge on any atom is -0.391 e. The van der Waals surface area contributed by atoms with Crippen LogP contribution in [0.2, 0.25) is 0 Å². The van der Waals surface area contributed by atoms with Crippen molar-refractivity contribution in [3.63, 3.8) is 0 Å². The van der Waals surface area contributed by atoms with Crippen molar-refractivity contribution in [2.45, 2.75) is 51.0 Å². The van der Waals surface area contributed by atoms with Crippen molar-refractivity contribution in [2.24, 2.45) is 11.5 Å². The van der Waals surface area contributed by atoms with Crippen molar-refractivity contribution in [3.05, 3.63) is 29.8 Å². The van der Waals surface area contributed by atoms with Crippen molar-refractivity contribution in [2.75, 3.05) is 38.0 Å².